The van der Waals surface area contributed by atoms with E-state index in [9.17, 15) is 0 Å². The lowest BCUT2D eigenvalue weighted by atomic mass is 9.29. The van der Waals surface area contributed by atoms with Crippen LogP contribution in [0.4, 0.5) is 28.4 Å². The first-order valence-corrected chi connectivity index (χ1v) is 27.8. The summed E-state index contributed by atoms with van der Waals surface area (Å²) in [4.78, 5) is 5.56. The molecule has 0 bridgehead atoms. The molecule has 4 heterocycles. The lowest BCUT2D eigenvalue weighted by molar-refractivity contribution is 0.0602. The quantitative estimate of drug-likeness (QED) is 0.161. The molecule has 362 valence electrons. The molecule has 4 heteroatoms. The van der Waals surface area contributed by atoms with E-state index in [1.54, 1.807) is 38.8 Å². The van der Waals surface area contributed by atoms with Crippen molar-refractivity contribution in [1.82, 2.24) is 0 Å². The number of benzene rings is 6. The van der Waals surface area contributed by atoms with E-state index in [1.165, 1.54) is 132 Å². The van der Waals surface area contributed by atoms with Crippen molar-refractivity contribution in [3.8, 4) is 0 Å². The molecule has 6 aromatic carbocycles. The molecule has 3 aliphatic heterocycles. The number of rotatable bonds is 2. The van der Waals surface area contributed by atoms with E-state index >= 15 is 0 Å². The van der Waals surface area contributed by atoms with Gasteiger partial charge in [0.15, 0.2) is 0 Å². The van der Waals surface area contributed by atoms with Gasteiger partial charge in [-0.15, -0.1) is 0 Å². The summed E-state index contributed by atoms with van der Waals surface area (Å²) in [5, 5.41) is 2.35. The van der Waals surface area contributed by atoms with Crippen LogP contribution in [0.25, 0.3) is 21.9 Å². The smallest absolute Gasteiger partial charge is 0.247 e. The van der Waals surface area contributed by atoms with E-state index in [-0.39, 0.29) is 44.7 Å². The van der Waals surface area contributed by atoms with E-state index < -0.39 is 0 Å². The van der Waals surface area contributed by atoms with Gasteiger partial charge in [0.2, 0.25) is 6.71 Å². The highest BCUT2D eigenvalue weighted by Gasteiger charge is 2.60. The number of nitrogens with zero attached hydrogens (tertiary/aromatic N) is 2. The first-order chi connectivity index (χ1) is 33.7. The van der Waals surface area contributed by atoms with Gasteiger partial charge in [0.05, 0.1) is 5.54 Å². The van der Waals surface area contributed by atoms with Gasteiger partial charge in [-0.25, -0.2) is 0 Å². The summed E-state index contributed by atoms with van der Waals surface area (Å²) >= 11 is 0. The van der Waals surface area contributed by atoms with Crippen LogP contribution in [-0.2, 0) is 27.1 Å². The van der Waals surface area contributed by atoms with Crippen LogP contribution in [-0.4, -0.2) is 12.3 Å². The number of anilines is 5. The van der Waals surface area contributed by atoms with Crippen LogP contribution >= 0.6 is 0 Å². The fourth-order valence-corrected chi connectivity index (χ4v) is 17.0. The number of fused-ring (bicyclic) bond motifs is 13. The molecule has 0 radical (unpaired) electrons. The normalized spacial score (nSPS) is 28.5. The fourth-order valence-electron chi connectivity index (χ4n) is 17.0. The van der Waals surface area contributed by atoms with Crippen LogP contribution in [0.15, 0.2) is 101 Å². The van der Waals surface area contributed by atoms with Crippen molar-refractivity contribution in [2.75, 3.05) is 9.80 Å². The lowest BCUT2D eigenvalue weighted by Gasteiger charge is -2.59. The third-order valence-electron chi connectivity index (χ3n) is 21.7. The SMILES string of the molecule is Cc1cc2c3c(c1)N(c1ccc4c(c1)oc1ccccc14)c1cc(N4c5cc6c(cc5C5(C)CCCCC45C)C(C)(C)CCC6(C)C)ccc1B3c1cc(C(C)(C)C)cc3c1C2CC1(C)CCCCC31C. The van der Waals surface area contributed by atoms with Gasteiger partial charge in [-0.05, 0) is 184 Å². The van der Waals surface area contributed by atoms with Crippen molar-refractivity contribution in [3.05, 3.63) is 142 Å². The molecule has 4 aliphatic carbocycles. The first-order valence-electron chi connectivity index (χ1n) is 27.8. The van der Waals surface area contributed by atoms with Gasteiger partial charge in [0, 0.05) is 56.6 Å². The molecule has 2 fully saturated rings. The predicted octanol–water partition coefficient (Wildman–Crippen LogP) is 16.3. The number of hydrogen-bond acceptors (Lipinski definition) is 3. The molecule has 14 rings (SSSR count). The van der Waals surface area contributed by atoms with Crippen LogP contribution in [0, 0.1) is 12.3 Å². The second-order valence-corrected chi connectivity index (χ2v) is 27.5. The van der Waals surface area contributed by atoms with Crippen molar-refractivity contribution in [2.24, 2.45) is 5.41 Å². The molecule has 7 aromatic rings. The minimum absolute atomic E-state index is 0.0138. The summed E-state index contributed by atoms with van der Waals surface area (Å²) in [7, 11) is 0. The van der Waals surface area contributed by atoms with E-state index in [4.69, 9.17) is 4.42 Å². The highest BCUT2D eigenvalue weighted by atomic mass is 16.3. The Balaban J connectivity index is 1.06. The minimum Gasteiger partial charge on any atom is -0.456 e. The molecule has 0 N–H and O–H groups in total. The second-order valence-electron chi connectivity index (χ2n) is 27.5. The molecule has 5 unspecified atom stereocenters. The van der Waals surface area contributed by atoms with E-state index in [0.717, 1.165) is 11.2 Å². The number of furan rings is 1. The highest BCUT2D eigenvalue weighted by molar-refractivity contribution is 6.99. The molecule has 0 saturated heterocycles. The largest absolute Gasteiger partial charge is 0.456 e. The number of aryl methyl sites for hydroxylation is 1. The Hall–Kier alpha value is -5.22. The molecule has 1 aromatic heterocycles. The van der Waals surface area contributed by atoms with Gasteiger partial charge in [-0.2, -0.15) is 0 Å². The topological polar surface area (TPSA) is 19.6 Å². The maximum Gasteiger partial charge on any atom is 0.247 e. The monoisotopic (exact) mass is 935 g/mol. The molecule has 5 atom stereocenters. The lowest BCUT2D eigenvalue weighted by Crippen LogP contribution is -2.64. The van der Waals surface area contributed by atoms with Crippen LogP contribution in [0.5, 0.6) is 0 Å². The number of para-hydroxylation sites is 1. The van der Waals surface area contributed by atoms with E-state index in [0.29, 0.717) is 5.92 Å². The summed E-state index contributed by atoms with van der Waals surface area (Å²) in [5.74, 6) is 0.362. The molecule has 7 aliphatic rings. The van der Waals surface area contributed by atoms with Crippen molar-refractivity contribution in [2.45, 2.75) is 192 Å². The third-order valence-corrected chi connectivity index (χ3v) is 21.7. The zero-order chi connectivity index (χ0) is 49.2. The van der Waals surface area contributed by atoms with Gasteiger partial charge < -0.3 is 14.2 Å². The Morgan fingerprint density at radius 1 is 0.563 bits per heavy atom. The average molecular weight is 935 g/mol. The summed E-state index contributed by atoms with van der Waals surface area (Å²) in [6.45, 7) is 30.4. The Morgan fingerprint density at radius 3 is 2.03 bits per heavy atom. The first kappa shape index (κ1) is 44.5. The standard InChI is InChI=1S/C67H75BN2O/c1-40-31-46-47-39-64(9)25-15-16-26-65(64,10)51-33-41(61(2,3)4)34-53(59(47)51)68-52-24-22-43(35-55(52)69(56(32-40)60(46)68)42-21-23-45-44-19-13-14-20-57(44)71-58(45)36-42)70-54-38-49-48(62(5,6)29-30-63(49,7)8)37-50(54)66(11)27-17-18-28-67(66,70)12/h13-14,19-24,31-38,47H,15-18,25-30,39H2,1-12H3. The van der Waals surface area contributed by atoms with Crippen LogP contribution in [0.1, 0.15) is 197 Å². The summed E-state index contributed by atoms with van der Waals surface area (Å²) < 4.78 is 6.75. The summed E-state index contributed by atoms with van der Waals surface area (Å²) in [6.07, 6.45) is 13.8. The number of hydrogen-bond donors (Lipinski definition) is 0. The second kappa shape index (κ2) is 14.1. The zero-order valence-electron chi connectivity index (χ0n) is 45.0. The summed E-state index contributed by atoms with van der Waals surface area (Å²) in [6, 6.07) is 39.4. The Bertz CT molecular complexity index is 3470. The van der Waals surface area contributed by atoms with Gasteiger partial charge >= 0.3 is 0 Å². The fraction of sp³-hybridized carbons (Fsp3) is 0.463. The Kier molecular flexibility index (Phi) is 8.83. The van der Waals surface area contributed by atoms with Gasteiger partial charge in [-0.3, -0.25) is 0 Å². The third kappa shape index (κ3) is 5.69. The summed E-state index contributed by atoms with van der Waals surface area (Å²) in [5.41, 5.74) is 26.0. The molecular weight excluding hydrogens is 860 g/mol. The molecule has 2 saturated carbocycles. The Morgan fingerprint density at radius 2 is 1.25 bits per heavy atom. The van der Waals surface area contributed by atoms with Crippen LogP contribution < -0.4 is 26.2 Å². The maximum atomic E-state index is 6.75. The van der Waals surface area contributed by atoms with E-state index in [1.807, 2.05) is 0 Å². The molecule has 0 spiro atoms. The van der Waals surface area contributed by atoms with Crippen molar-refractivity contribution in [1.29, 1.82) is 0 Å². The maximum absolute atomic E-state index is 6.75. The highest BCUT2D eigenvalue weighted by Crippen LogP contribution is 2.65. The molecule has 3 nitrogen and oxygen atoms in total. The molecular formula is C67H75BN2O. The van der Waals surface area contributed by atoms with Gasteiger partial charge in [0.1, 0.15) is 11.2 Å². The van der Waals surface area contributed by atoms with Crippen molar-refractivity contribution >= 4 is 73.5 Å². The zero-order valence-corrected chi connectivity index (χ0v) is 45.0. The molecule has 0 amide bonds. The van der Waals surface area contributed by atoms with E-state index in [2.05, 4.69) is 190 Å². The minimum atomic E-state index is -0.0747. The van der Waals surface area contributed by atoms with Gasteiger partial charge in [0.25, 0.3) is 0 Å². The Labute approximate surface area is 424 Å². The van der Waals surface area contributed by atoms with Crippen molar-refractivity contribution < 1.29 is 4.42 Å². The van der Waals surface area contributed by atoms with Gasteiger partial charge in [-0.1, -0.05) is 149 Å². The van der Waals surface area contributed by atoms with Crippen LogP contribution in [0.2, 0.25) is 0 Å². The van der Waals surface area contributed by atoms with Crippen LogP contribution in [0.3, 0.4) is 0 Å². The van der Waals surface area contributed by atoms with Crippen molar-refractivity contribution in [3.63, 3.8) is 0 Å². The average Bonchev–Trinajstić information content (AvgIpc) is 3.80. The predicted molar refractivity (Wildman–Crippen MR) is 301 cm³/mol. The molecule has 71 heavy (non-hydrogen) atoms.